The van der Waals surface area contributed by atoms with Crippen LogP contribution in [-0.2, 0) is 0 Å². The van der Waals surface area contributed by atoms with Crippen LogP contribution in [0.25, 0.3) is 10.2 Å². The van der Waals surface area contributed by atoms with Gasteiger partial charge in [0.05, 0.1) is 10.2 Å². The van der Waals surface area contributed by atoms with Crippen molar-refractivity contribution in [3.8, 4) is 0 Å². The first kappa shape index (κ1) is 17.1. The van der Waals surface area contributed by atoms with Crippen molar-refractivity contribution in [3.63, 3.8) is 0 Å². The van der Waals surface area contributed by atoms with Crippen LogP contribution in [0.4, 0.5) is 10.8 Å². The molecule has 2 aromatic carbocycles. The number of benzene rings is 2. The minimum absolute atomic E-state index is 0. The summed E-state index contributed by atoms with van der Waals surface area (Å²) in [6, 6.07) is 18.5. The summed E-state index contributed by atoms with van der Waals surface area (Å²) in [5, 5.41) is 9.64. The average molecular weight is 451 g/mol. The Morgan fingerprint density at radius 2 is 1.79 bits per heavy atom. The van der Waals surface area contributed by atoms with E-state index in [-0.39, 0.29) is 24.0 Å². The van der Waals surface area contributed by atoms with Crippen molar-refractivity contribution in [2.24, 2.45) is 5.10 Å². The zero-order chi connectivity index (χ0) is 15.6. The Hall–Kier alpha value is -1.71. The van der Waals surface area contributed by atoms with E-state index in [0.29, 0.717) is 0 Å². The minimum atomic E-state index is 0. The van der Waals surface area contributed by atoms with Crippen molar-refractivity contribution in [2.75, 3.05) is 10.2 Å². The highest BCUT2D eigenvalue weighted by atomic mass is 127. The molecule has 24 heavy (non-hydrogen) atoms. The van der Waals surface area contributed by atoms with Crippen molar-refractivity contribution in [1.29, 1.82) is 0 Å². The largest absolute Gasteiger partial charge is 1.00 e. The molecule has 1 aliphatic heterocycles. The molecule has 3 aromatic rings. The SMILES string of the molecule is CCCC1=NN(c2nc3ccccc3s2)N(c2ccccc2)[NH2+]1.[I-]. The maximum atomic E-state index is 4.77. The number of quaternary nitrogens is 1. The minimum Gasteiger partial charge on any atom is -1.00 e. The van der Waals surface area contributed by atoms with Crippen LogP contribution >= 0.6 is 11.3 Å². The van der Waals surface area contributed by atoms with Gasteiger partial charge in [0.25, 0.3) is 0 Å². The molecule has 0 atom stereocenters. The Labute approximate surface area is 162 Å². The van der Waals surface area contributed by atoms with E-state index in [9.17, 15) is 0 Å². The summed E-state index contributed by atoms with van der Waals surface area (Å²) in [5.41, 5.74) is 4.20. The van der Waals surface area contributed by atoms with E-state index in [2.05, 4.69) is 35.7 Å². The van der Waals surface area contributed by atoms with Crippen molar-refractivity contribution in [3.05, 3.63) is 54.6 Å². The number of rotatable bonds is 4. The van der Waals surface area contributed by atoms with Gasteiger partial charge in [-0.25, -0.2) is 4.98 Å². The molecular formula is C17H18IN5S. The van der Waals surface area contributed by atoms with Gasteiger partial charge in [-0.05, 0) is 30.7 Å². The first-order chi connectivity index (χ1) is 11.3. The maximum absolute atomic E-state index is 4.77. The van der Waals surface area contributed by atoms with Crippen molar-refractivity contribution in [2.45, 2.75) is 19.8 Å². The van der Waals surface area contributed by atoms with Crippen LogP contribution in [0.2, 0.25) is 0 Å². The molecule has 1 aromatic heterocycles. The second-order valence-corrected chi connectivity index (χ2v) is 6.41. The van der Waals surface area contributed by atoms with E-state index >= 15 is 0 Å². The fourth-order valence-corrected chi connectivity index (χ4v) is 3.52. The number of nitrogens with zero attached hydrogens (tertiary/aromatic N) is 4. The zero-order valence-corrected chi connectivity index (χ0v) is 16.2. The average Bonchev–Trinajstić information content (AvgIpc) is 3.19. The number of hydrazine groups is 1. The van der Waals surface area contributed by atoms with Crippen LogP contribution in [0, 0.1) is 0 Å². The number of anilines is 2. The number of para-hydroxylation sites is 2. The van der Waals surface area contributed by atoms with Crippen molar-refractivity contribution in [1.82, 2.24) is 4.98 Å². The first-order valence-electron chi connectivity index (χ1n) is 7.77. The Morgan fingerprint density at radius 1 is 1.04 bits per heavy atom. The molecule has 0 saturated heterocycles. The summed E-state index contributed by atoms with van der Waals surface area (Å²) >= 11 is 1.66. The van der Waals surface area contributed by atoms with E-state index in [1.54, 1.807) is 11.3 Å². The Morgan fingerprint density at radius 3 is 2.54 bits per heavy atom. The zero-order valence-electron chi connectivity index (χ0n) is 13.3. The molecule has 0 unspecified atom stereocenters. The molecule has 0 radical (unpaired) electrons. The van der Waals surface area contributed by atoms with Crippen LogP contribution < -0.4 is 39.6 Å². The van der Waals surface area contributed by atoms with E-state index in [0.717, 1.165) is 35.0 Å². The number of fused-ring (bicyclic) bond motifs is 1. The van der Waals surface area contributed by atoms with Crippen LogP contribution in [0.3, 0.4) is 0 Å². The quantitative estimate of drug-likeness (QED) is 0.454. The molecule has 124 valence electrons. The van der Waals surface area contributed by atoms with E-state index in [4.69, 9.17) is 10.1 Å². The fourth-order valence-electron chi connectivity index (χ4n) is 2.61. The Kier molecular flexibility index (Phi) is 5.32. The summed E-state index contributed by atoms with van der Waals surface area (Å²) in [5.74, 6) is 1.08. The highest BCUT2D eigenvalue weighted by Crippen LogP contribution is 2.31. The van der Waals surface area contributed by atoms with E-state index < -0.39 is 0 Å². The van der Waals surface area contributed by atoms with Crippen molar-refractivity contribution < 1.29 is 29.4 Å². The first-order valence-corrected chi connectivity index (χ1v) is 8.59. The number of hydrazone groups is 1. The van der Waals surface area contributed by atoms with Crippen LogP contribution in [0.5, 0.6) is 0 Å². The molecule has 0 aliphatic carbocycles. The molecule has 7 heteroatoms. The monoisotopic (exact) mass is 451 g/mol. The van der Waals surface area contributed by atoms with E-state index in [1.807, 2.05) is 41.5 Å². The lowest BCUT2D eigenvalue weighted by atomic mass is 10.3. The number of aromatic nitrogens is 1. The molecule has 0 bridgehead atoms. The molecule has 0 amide bonds. The summed E-state index contributed by atoms with van der Waals surface area (Å²) < 4.78 is 1.18. The van der Waals surface area contributed by atoms with Gasteiger partial charge >= 0.3 is 0 Å². The third kappa shape index (κ3) is 3.24. The highest BCUT2D eigenvalue weighted by molar-refractivity contribution is 7.22. The van der Waals surface area contributed by atoms with E-state index in [1.165, 1.54) is 4.70 Å². The number of nitrogens with two attached hydrogens (primary N) is 1. The lowest BCUT2D eigenvalue weighted by Crippen LogP contribution is -3.00. The second kappa shape index (κ2) is 7.45. The number of hydrogen-bond donors (Lipinski definition) is 1. The summed E-state index contributed by atoms with van der Waals surface area (Å²) in [6.07, 6.45) is 2.04. The van der Waals surface area contributed by atoms with Gasteiger partial charge in [0, 0.05) is 6.42 Å². The second-order valence-electron chi connectivity index (χ2n) is 5.40. The molecule has 5 nitrogen and oxygen atoms in total. The number of thiazole rings is 1. The normalized spacial score (nSPS) is 14.0. The van der Waals surface area contributed by atoms with Gasteiger partial charge in [-0.1, -0.05) is 58.8 Å². The number of halogens is 1. The molecule has 4 rings (SSSR count). The number of hydrogen-bond acceptors (Lipinski definition) is 5. The smallest absolute Gasteiger partial charge is 0.245 e. The topological polar surface area (TPSA) is 48.3 Å². The third-order valence-corrected chi connectivity index (χ3v) is 4.68. The summed E-state index contributed by atoms with van der Waals surface area (Å²) in [7, 11) is 0. The molecule has 0 fully saturated rings. The molecule has 0 spiro atoms. The van der Waals surface area contributed by atoms with Crippen molar-refractivity contribution >= 4 is 38.2 Å². The lowest BCUT2D eigenvalue weighted by Gasteiger charge is -2.21. The van der Waals surface area contributed by atoms with Gasteiger partial charge < -0.3 is 24.0 Å². The van der Waals surface area contributed by atoms with Crippen LogP contribution in [0.1, 0.15) is 19.8 Å². The third-order valence-electron chi connectivity index (χ3n) is 3.68. The highest BCUT2D eigenvalue weighted by Gasteiger charge is 2.31. The van der Waals surface area contributed by atoms with Gasteiger partial charge in [-0.3, -0.25) is 0 Å². The predicted molar refractivity (Wildman–Crippen MR) is 95.3 cm³/mol. The van der Waals surface area contributed by atoms with Gasteiger partial charge in [0.1, 0.15) is 5.69 Å². The van der Waals surface area contributed by atoms with Crippen LogP contribution in [-0.4, -0.2) is 10.8 Å². The summed E-state index contributed by atoms with van der Waals surface area (Å²) in [6.45, 7) is 2.17. The maximum Gasteiger partial charge on any atom is 0.245 e. The Balaban J connectivity index is 0.00000169. The summed E-state index contributed by atoms with van der Waals surface area (Å²) in [4.78, 5) is 4.74. The molecule has 2 heterocycles. The van der Waals surface area contributed by atoms with Gasteiger partial charge in [-0.2, -0.15) is 5.43 Å². The predicted octanol–water partition coefficient (Wildman–Crippen LogP) is 0.134. The lowest BCUT2D eigenvalue weighted by molar-refractivity contribution is -0.548. The van der Waals surface area contributed by atoms with Crippen LogP contribution in [0.15, 0.2) is 59.7 Å². The fraction of sp³-hybridized carbons (Fsp3) is 0.176. The van der Waals surface area contributed by atoms with Gasteiger partial charge in [0.2, 0.25) is 11.0 Å². The van der Waals surface area contributed by atoms with Gasteiger partial charge in [-0.15, -0.1) is 5.12 Å². The molecule has 2 N–H and O–H groups in total. The standard InChI is InChI=1S/C17H17N5S.HI/c1-2-8-16-19-21(13-9-4-3-5-10-13)22(20-16)17-18-14-11-6-7-12-15(14)23-17;/h3-7,9-12H,2,8H2,1H3,(H,19,20);1H. The number of amidine groups is 1. The van der Waals surface area contributed by atoms with Gasteiger partial charge in [0.15, 0.2) is 0 Å². The Bertz CT molecular complexity index is 815. The molecular weight excluding hydrogens is 433 g/mol. The molecule has 1 aliphatic rings. The molecule has 0 saturated carbocycles.